The Morgan fingerprint density at radius 1 is 1.19 bits per heavy atom. The molecule has 6 nitrogen and oxygen atoms in total. The molecule has 142 valence electrons. The first-order valence-corrected chi connectivity index (χ1v) is 10.1. The molecule has 26 heavy (non-hydrogen) atoms. The molecule has 2 amide bonds. The number of carbonyl (C=O) groups is 1. The Hall–Kier alpha value is -1.53. The van der Waals surface area contributed by atoms with Crippen LogP contribution in [0.1, 0.15) is 38.5 Å². The number of piperazine rings is 1. The van der Waals surface area contributed by atoms with E-state index in [1.165, 1.54) is 19.4 Å². The Labute approximate surface area is 159 Å². The van der Waals surface area contributed by atoms with Crippen LogP contribution in [0.4, 0.5) is 4.79 Å². The molecule has 3 fully saturated rings. The lowest BCUT2D eigenvalue weighted by molar-refractivity contribution is 0.108. The maximum absolute atomic E-state index is 12.6. The molecule has 1 N–H and O–H groups in total. The van der Waals surface area contributed by atoms with Gasteiger partial charge in [0.15, 0.2) is 0 Å². The molecule has 1 atom stereocenters. The molecule has 0 radical (unpaired) electrons. The average Bonchev–Trinajstić information content (AvgIpc) is 3.13. The molecule has 0 unspecified atom stereocenters. The molecule has 1 saturated carbocycles. The molecule has 0 spiro atoms. The van der Waals surface area contributed by atoms with E-state index in [2.05, 4.69) is 15.2 Å². The van der Waals surface area contributed by atoms with Crippen molar-refractivity contribution in [3.05, 3.63) is 23.4 Å². The molecule has 2 saturated heterocycles. The fourth-order valence-electron chi connectivity index (χ4n) is 4.38. The Morgan fingerprint density at radius 3 is 2.85 bits per heavy atom. The quantitative estimate of drug-likeness (QED) is 0.878. The minimum absolute atomic E-state index is 0.105. The summed E-state index contributed by atoms with van der Waals surface area (Å²) in [6.45, 7) is 3.94. The minimum atomic E-state index is 0.105. The van der Waals surface area contributed by atoms with Crippen molar-refractivity contribution in [1.82, 2.24) is 20.1 Å². The third-order valence-electron chi connectivity index (χ3n) is 5.88. The number of aromatic nitrogens is 1. The maximum Gasteiger partial charge on any atom is 0.317 e. The number of fused-ring (bicyclic) bond motifs is 1. The van der Waals surface area contributed by atoms with Crippen LogP contribution in [0.15, 0.2) is 18.3 Å². The number of hydrogen-bond donors (Lipinski definition) is 1. The van der Waals surface area contributed by atoms with Crippen LogP contribution in [0.2, 0.25) is 5.02 Å². The fourth-order valence-corrected chi connectivity index (χ4v) is 4.55. The zero-order chi connectivity index (χ0) is 17.9. The van der Waals surface area contributed by atoms with Gasteiger partial charge in [-0.3, -0.25) is 4.90 Å². The average molecular weight is 379 g/mol. The van der Waals surface area contributed by atoms with E-state index in [1.807, 2.05) is 4.90 Å². The predicted molar refractivity (Wildman–Crippen MR) is 101 cm³/mol. The number of nitrogens with one attached hydrogen (secondary N) is 1. The first-order valence-electron chi connectivity index (χ1n) is 9.75. The van der Waals surface area contributed by atoms with Gasteiger partial charge in [0.2, 0.25) is 5.88 Å². The zero-order valence-electron chi connectivity index (χ0n) is 15.1. The topological polar surface area (TPSA) is 57.7 Å². The molecule has 0 bridgehead atoms. The van der Waals surface area contributed by atoms with Gasteiger partial charge in [0.05, 0.1) is 0 Å². The lowest BCUT2D eigenvalue weighted by atomic mass is 9.93. The summed E-state index contributed by atoms with van der Waals surface area (Å²) in [5, 5.41) is 3.79. The van der Waals surface area contributed by atoms with E-state index in [0.717, 1.165) is 45.3 Å². The van der Waals surface area contributed by atoms with E-state index in [4.69, 9.17) is 16.3 Å². The smallest absolute Gasteiger partial charge is 0.317 e. The second kappa shape index (κ2) is 8.01. The lowest BCUT2D eigenvalue weighted by Gasteiger charge is -2.38. The monoisotopic (exact) mass is 378 g/mol. The Balaban J connectivity index is 1.22. The van der Waals surface area contributed by atoms with Crippen LogP contribution in [0, 0.1) is 0 Å². The molecule has 7 heteroatoms. The van der Waals surface area contributed by atoms with E-state index in [-0.39, 0.29) is 18.2 Å². The highest BCUT2D eigenvalue weighted by Gasteiger charge is 2.33. The van der Waals surface area contributed by atoms with Crippen LogP contribution in [0.5, 0.6) is 5.88 Å². The van der Waals surface area contributed by atoms with E-state index in [1.54, 1.807) is 18.3 Å². The molecule has 3 heterocycles. The number of nitrogens with zero attached hydrogens (tertiary/aromatic N) is 3. The molecule has 3 aliphatic rings. The summed E-state index contributed by atoms with van der Waals surface area (Å²) in [4.78, 5) is 21.3. The van der Waals surface area contributed by atoms with Gasteiger partial charge in [-0.25, -0.2) is 9.78 Å². The highest BCUT2D eigenvalue weighted by molar-refractivity contribution is 6.31. The first kappa shape index (κ1) is 17.9. The van der Waals surface area contributed by atoms with E-state index >= 15 is 0 Å². The van der Waals surface area contributed by atoms with E-state index in [9.17, 15) is 4.79 Å². The van der Waals surface area contributed by atoms with Gasteiger partial charge in [0.25, 0.3) is 0 Å². The van der Waals surface area contributed by atoms with Gasteiger partial charge in [-0.05, 0) is 57.2 Å². The second-order valence-electron chi connectivity index (χ2n) is 7.61. The number of pyridine rings is 1. The Morgan fingerprint density at radius 2 is 2.04 bits per heavy atom. The number of urea groups is 1. The summed E-state index contributed by atoms with van der Waals surface area (Å²) in [5.74, 6) is 0.510. The van der Waals surface area contributed by atoms with Crippen molar-refractivity contribution in [1.29, 1.82) is 0 Å². The second-order valence-corrected chi connectivity index (χ2v) is 8.02. The SMILES string of the molecule is O=C(NC1CCC(Oc2ncccc2Cl)CC1)N1CCN2CCC[C@H]2C1. The van der Waals surface area contributed by atoms with E-state index < -0.39 is 0 Å². The summed E-state index contributed by atoms with van der Waals surface area (Å²) >= 11 is 6.11. The summed E-state index contributed by atoms with van der Waals surface area (Å²) < 4.78 is 5.93. The lowest BCUT2D eigenvalue weighted by Crippen LogP contribution is -2.56. The van der Waals surface area contributed by atoms with Crippen LogP contribution >= 0.6 is 11.6 Å². The van der Waals surface area contributed by atoms with Crippen molar-refractivity contribution in [3.63, 3.8) is 0 Å². The van der Waals surface area contributed by atoms with Crippen molar-refractivity contribution >= 4 is 17.6 Å². The predicted octanol–water partition coefficient (Wildman–Crippen LogP) is 2.91. The molecule has 4 rings (SSSR count). The summed E-state index contributed by atoms with van der Waals surface area (Å²) in [6, 6.07) is 4.51. The molecule has 1 aliphatic carbocycles. The molecule has 1 aromatic rings. The summed E-state index contributed by atoms with van der Waals surface area (Å²) in [5.41, 5.74) is 0. The molecule has 0 aromatic carbocycles. The van der Waals surface area contributed by atoms with Crippen LogP contribution in [-0.2, 0) is 0 Å². The van der Waals surface area contributed by atoms with Gasteiger partial charge >= 0.3 is 6.03 Å². The van der Waals surface area contributed by atoms with Crippen molar-refractivity contribution in [2.75, 3.05) is 26.2 Å². The highest BCUT2D eigenvalue weighted by Crippen LogP contribution is 2.27. The maximum atomic E-state index is 12.6. The third-order valence-corrected chi connectivity index (χ3v) is 6.17. The number of ether oxygens (including phenoxy) is 1. The van der Waals surface area contributed by atoms with Crippen molar-refractivity contribution in [2.24, 2.45) is 0 Å². The Kier molecular flexibility index (Phi) is 5.50. The van der Waals surface area contributed by atoms with Gasteiger partial charge in [-0.1, -0.05) is 11.6 Å². The van der Waals surface area contributed by atoms with Crippen LogP contribution in [-0.4, -0.2) is 65.2 Å². The zero-order valence-corrected chi connectivity index (χ0v) is 15.8. The van der Waals surface area contributed by atoms with Crippen LogP contribution in [0.25, 0.3) is 0 Å². The van der Waals surface area contributed by atoms with Crippen LogP contribution in [0.3, 0.4) is 0 Å². The highest BCUT2D eigenvalue weighted by atomic mass is 35.5. The fraction of sp³-hybridized carbons (Fsp3) is 0.684. The van der Waals surface area contributed by atoms with Gasteiger partial charge in [0.1, 0.15) is 11.1 Å². The normalized spacial score (nSPS) is 29.3. The van der Waals surface area contributed by atoms with Crippen LogP contribution < -0.4 is 10.1 Å². The molecule has 2 aliphatic heterocycles. The van der Waals surface area contributed by atoms with Gasteiger partial charge in [0, 0.05) is 37.9 Å². The first-order chi connectivity index (χ1) is 12.7. The summed E-state index contributed by atoms with van der Waals surface area (Å²) in [7, 11) is 0. The van der Waals surface area contributed by atoms with E-state index in [0.29, 0.717) is 16.9 Å². The number of hydrogen-bond acceptors (Lipinski definition) is 4. The number of halogens is 1. The number of carbonyl (C=O) groups excluding carboxylic acids is 1. The Bertz CT molecular complexity index is 636. The largest absolute Gasteiger partial charge is 0.473 e. The van der Waals surface area contributed by atoms with Gasteiger partial charge in [-0.15, -0.1) is 0 Å². The molecular weight excluding hydrogens is 352 g/mol. The summed E-state index contributed by atoms with van der Waals surface area (Å²) in [6.07, 6.45) is 8.00. The van der Waals surface area contributed by atoms with Crippen molar-refractivity contribution in [2.45, 2.75) is 56.7 Å². The van der Waals surface area contributed by atoms with Crippen molar-refractivity contribution < 1.29 is 9.53 Å². The molecular formula is C19H27ClN4O2. The van der Waals surface area contributed by atoms with Gasteiger partial charge < -0.3 is 15.0 Å². The van der Waals surface area contributed by atoms with Gasteiger partial charge in [-0.2, -0.15) is 0 Å². The standard InChI is InChI=1S/C19H27ClN4O2/c20-17-4-1-9-21-18(17)26-16-7-5-14(6-8-16)22-19(25)24-12-11-23-10-2-3-15(23)13-24/h1,4,9,14-16H,2-3,5-8,10-13H2,(H,22,25)/t14?,15-,16?/m0/s1. The minimum Gasteiger partial charge on any atom is -0.473 e. The third kappa shape index (κ3) is 4.07. The molecule has 1 aromatic heterocycles. The van der Waals surface area contributed by atoms with Crippen molar-refractivity contribution in [3.8, 4) is 5.88 Å². The number of rotatable bonds is 3. The number of amides is 2.